The van der Waals surface area contributed by atoms with Crippen LogP contribution in [-0.2, 0) is 10.5 Å². The number of furan rings is 1. The highest BCUT2D eigenvalue weighted by Crippen LogP contribution is 2.19. The van der Waals surface area contributed by atoms with E-state index in [-0.39, 0.29) is 5.91 Å². The first-order valence-corrected chi connectivity index (χ1v) is 8.95. The number of hydrogen-bond donors (Lipinski definition) is 1. The largest absolute Gasteiger partial charge is 0.468 e. The standard InChI is InChI=1S/C16H26N2O2S/c1-18-8-5-14(6-9-18)12-16(19)17-7-3-11-21-13-15-4-2-10-20-15/h2,4,10,14H,3,5-9,11-13H2,1H3,(H,17,19). The third-order valence-electron chi connectivity index (χ3n) is 3.92. The van der Waals surface area contributed by atoms with Crippen molar-refractivity contribution < 1.29 is 9.21 Å². The van der Waals surface area contributed by atoms with Gasteiger partial charge >= 0.3 is 0 Å². The summed E-state index contributed by atoms with van der Waals surface area (Å²) in [7, 11) is 2.15. The Labute approximate surface area is 131 Å². The van der Waals surface area contributed by atoms with Crippen LogP contribution in [0.1, 0.15) is 31.4 Å². The van der Waals surface area contributed by atoms with Gasteiger partial charge in [0.05, 0.1) is 12.0 Å². The highest BCUT2D eigenvalue weighted by Gasteiger charge is 2.19. The number of piperidine rings is 1. The number of likely N-dealkylation sites (tertiary alicyclic amines) is 1. The van der Waals surface area contributed by atoms with Crippen molar-refractivity contribution in [3.05, 3.63) is 24.2 Å². The van der Waals surface area contributed by atoms with Gasteiger partial charge in [0, 0.05) is 13.0 Å². The Balaban J connectivity index is 1.45. The second-order valence-electron chi connectivity index (χ2n) is 5.79. The van der Waals surface area contributed by atoms with E-state index in [1.54, 1.807) is 6.26 Å². The van der Waals surface area contributed by atoms with E-state index in [9.17, 15) is 4.79 Å². The molecular weight excluding hydrogens is 284 g/mol. The topological polar surface area (TPSA) is 45.5 Å². The second-order valence-corrected chi connectivity index (χ2v) is 6.89. The van der Waals surface area contributed by atoms with Crippen LogP contribution in [-0.4, -0.2) is 43.2 Å². The average molecular weight is 310 g/mol. The number of carbonyl (C=O) groups excluding carboxylic acids is 1. The Hall–Kier alpha value is -0.940. The van der Waals surface area contributed by atoms with E-state index in [0.29, 0.717) is 12.3 Å². The molecule has 0 aliphatic carbocycles. The summed E-state index contributed by atoms with van der Waals surface area (Å²) in [6, 6.07) is 3.91. The fourth-order valence-corrected chi connectivity index (χ4v) is 3.43. The Morgan fingerprint density at radius 1 is 1.48 bits per heavy atom. The summed E-state index contributed by atoms with van der Waals surface area (Å²) >= 11 is 1.85. The van der Waals surface area contributed by atoms with Crippen molar-refractivity contribution in [2.45, 2.75) is 31.4 Å². The molecule has 0 radical (unpaired) electrons. The van der Waals surface area contributed by atoms with Gasteiger partial charge < -0.3 is 14.6 Å². The van der Waals surface area contributed by atoms with Crippen molar-refractivity contribution in [1.29, 1.82) is 0 Å². The third kappa shape index (κ3) is 6.57. The highest BCUT2D eigenvalue weighted by molar-refractivity contribution is 7.98. The van der Waals surface area contributed by atoms with Crippen molar-refractivity contribution in [2.75, 3.05) is 32.4 Å². The van der Waals surface area contributed by atoms with Crippen LogP contribution in [0.25, 0.3) is 0 Å². The zero-order chi connectivity index (χ0) is 14.9. The fourth-order valence-electron chi connectivity index (χ4n) is 2.57. The lowest BCUT2D eigenvalue weighted by atomic mass is 9.93. The van der Waals surface area contributed by atoms with Gasteiger partial charge in [-0.2, -0.15) is 11.8 Å². The van der Waals surface area contributed by atoms with Crippen LogP contribution in [0.3, 0.4) is 0 Å². The Kier molecular flexibility index (Phi) is 7.16. The van der Waals surface area contributed by atoms with E-state index in [4.69, 9.17) is 4.42 Å². The second kappa shape index (κ2) is 9.15. The van der Waals surface area contributed by atoms with Gasteiger partial charge in [-0.05, 0) is 63.2 Å². The molecule has 0 atom stereocenters. The zero-order valence-corrected chi connectivity index (χ0v) is 13.7. The first-order chi connectivity index (χ1) is 10.2. The number of rotatable bonds is 8. The molecule has 1 aliphatic rings. The van der Waals surface area contributed by atoms with Crippen LogP contribution in [0.15, 0.2) is 22.8 Å². The van der Waals surface area contributed by atoms with Gasteiger partial charge in [0.25, 0.3) is 0 Å². The van der Waals surface area contributed by atoms with Gasteiger partial charge in [-0.1, -0.05) is 0 Å². The fraction of sp³-hybridized carbons (Fsp3) is 0.688. The monoisotopic (exact) mass is 310 g/mol. The lowest BCUT2D eigenvalue weighted by molar-refractivity contribution is -0.122. The molecule has 1 aromatic rings. The summed E-state index contributed by atoms with van der Waals surface area (Å²) in [6.07, 6.45) is 5.74. The molecule has 5 heteroatoms. The maximum atomic E-state index is 11.9. The first-order valence-electron chi connectivity index (χ1n) is 7.79. The maximum absolute atomic E-state index is 11.9. The molecule has 1 saturated heterocycles. The van der Waals surface area contributed by atoms with Gasteiger partial charge in [0.15, 0.2) is 0 Å². The van der Waals surface area contributed by atoms with Crippen molar-refractivity contribution in [3.8, 4) is 0 Å². The van der Waals surface area contributed by atoms with E-state index in [1.165, 1.54) is 0 Å². The number of amides is 1. The smallest absolute Gasteiger partial charge is 0.220 e. The third-order valence-corrected chi connectivity index (χ3v) is 4.99. The molecule has 2 rings (SSSR count). The molecule has 0 aromatic carbocycles. The van der Waals surface area contributed by atoms with Gasteiger partial charge in [-0.3, -0.25) is 4.79 Å². The predicted molar refractivity (Wildman–Crippen MR) is 87.3 cm³/mol. The van der Waals surface area contributed by atoms with Crippen LogP contribution in [0, 0.1) is 5.92 Å². The van der Waals surface area contributed by atoms with Crippen molar-refractivity contribution >= 4 is 17.7 Å². The molecule has 0 unspecified atom stereocenters. The summed E-state index contributed by atoms with van der Waals surface area (Å²) in [5.74, 6) is 3.78. The molecule has 1 aromatic heterocycles. The summed E-state index contributed by atoms with van der Waals surface area (Å²) in [6.45, 7) is 3.04. The van der Waals surface area contributed by atoms with Crippen molar-refractivity contribution in [1.82, 2.24) is 10.2 Å². The summed E-state index contributed by atoms with van der Waals surface area (Å²) in [4.78, 5) is 14.2. The van der Waals surface area contributed by atoms with Crippen molar-refractivity contribution in [3.63, 3.8) is 0 Å². The maximum Gasteiger partial charge on any atom is 0.220 e. The molecule has 0 saturated carbocycles. The minimum atomic E-state index is 0.223. The lowest BCUT2D eigenvalue weighted by Gasteiger charge is -2.28. The van der Waals surface area contributed by atoms with E-state index < -0.39 is 0 Å². The summed E-state index contributed by atoms with van der Waals surface area (Å²) < 4.78 is 5.28. The van der Waals surface area contributed by atoms with Crippen LogP contribution < -0.4 is 5.32 Å². The SMILES string of the molecule is CN1CCC(CC(=O)NCCCSCc2ccco2)CC1. The van der Waals surface area contributed by atoms with Crippen LogP contribution >= 0.6 is 11.8 Å². The molecule has 2 heterocycles. The molecule has 0 bridgehead atoms. The number of hydrogen-bond acceptors (Lipinski definition) is 4. The van der Waals surface area contributed by atoms with Crippen LogP contribution in [0.2, 0.25) is 0 Å². The van der Waals surface area contributed by atoms with E-state index in [2.05, 4.69) is 17.3 Å². The summed E-state index contributed by atoms with van der Waals surface area (Å²) in [5.41, 5.74) is 0. The average Bonchev–Trinajstić information content (AvgIpc) is 2.98. The molecule has 1 aliphatic heterocycles. The molecule has 4 nitrogen and oxygen atoms in total. The molecule has 1 amide bonds. The zero-order valence-electron chi connectivity index (χ0n) is 12.8. The summed E-state index contributed by atoms with van der Waals surface area (Å²) in [5, 5.41) is 3.05. The van der Waals surface area contributed by atoms with Crippen molar-refractivity contribution in [2.24, 2.45) is 5.92 Å². The molecular formula is C16H26N2O2S. The molecule has 1 fully saturated rings. The molecule has 1 N–H and O–H groups in total. The van der Waals surface area contributed by atoms with Crippen LogP contribution in [0.4, 0.5) is 0 Å². The Morgan fingerprint density at radius 2 is 2.29 bits per heavy atom. The van der Waals surface area contributed by atoms with Gasteiger partial charge in [0.1, 0.15) is 5.76 Å². The Morgan fingerprint density at radius 3 is 3.00 bits per heavy atom. The van der Waals surface area contributed by atoms with E-state index >= 15 is 0 Å². The highest BCUT2D eigenvalue weighted by atomic mass is 32.2. The van der Waals surface area contributed by atoms with Gasteiger partial charge in [0.2, 0.25) is 5.91 Å². The molecule has 118 valence electrons. The predicted octanol–water partition coefficient (Wildman–Crippen LogP) is 2.75. The van der Waals surface area contributed by atoms with E-state index in [1.807, 2.05) is 23.9 Å². The number of thioether (sulfide) groups is 1. The normalized spacial score (nSPS) is 17.0. The number of nitrogens with zero attached hydrogens (tertiary/aromatic N) is 1. The minimum Gasteiger partial charge on any atom is -0.468 e. The van der Waals surface area contributed by atoms with Gasteiger partial charge in [-0.15, -0.1) is 0 Å². The minimum absolute atomic E-state index is 0.223. The number of nitrogens with one attached hydrogen (secondary N) is 1. The molecule has 0 spiro atoms. The lowest BCUT2D eigenvalue weighted by Crippen LogP contribution is -2.33. The first kappa shape index (κ1) is 16.4. The molecule has 21 heavy (non-hydrogen) atoms. The van der Waals surface area contributed by atoms with E-state index in [0.717, 1.165) is 56.2 Å². The van der Waals surface area contributed by atoms with Crippen LogP contribution in [0.5, 0.6) is 0 Å². The van der Waals surface area contributed by atoms with Gasteiger partial charge in [-0.25, -0.2) is 0 Å². The quantitative estimate of drug-likeness (QED) is 0.750. The number of carbonyl (C=O) groups is 1. The Bertz CT molecular complexity index is 400.